The van der Waals surface area contributed by atoms with Crippen molar-refractivity contribution in [2.75, 3.05) is 4.90 Å². The zero-order valence-corrected chi connectivity index (χ0v) is 32.2. The summed E-state index contributed by atoms with van der Waals surface area (Å²) in [6, 6.07) is 78.9. The predicted octanol–water partition coefficient (Wildman–Crippen LogP) is 14.6. The van der Waals surface area contributed by atoms with Crippen molar-refractivity contribution in [2.45, 2.75) is 24.7 Å². The maximum Gasteiger partial charge on any atom is 0.0714 e. The summed E-state index contributed by atoms with van der Waals surface area (Å²) in [7, 11) is 0. The van der Waals surface area contributed by atoms with Crippen molar-refractivity contribution in [3.8, 4) is 33.4 Å². The Balaban J connectivity index is 1.23. The fourth-order valence-electron chi connectivity index (χ4n) is 10.2. The van der Waals surface area contributed by atoms with Crippen LogP contribution >= 0.6 is 0 Å². The first-order chi connectivity index (χ1) is 28.0. The Morgan fingerprint density at radius 3 is 1.53 bits per heavy atom. The Hall–Kier alpha value is -6.96. The molecule has 0 radical (unpaired) electrons. The van der Waals surface area contributed by atoms with E-state index in [0.717, 1.165) is 17.1 Å². The van der Waals surface area contributed by atoms with Crippen LogP contribution in [0.25, 0.3) is 44.2 Å². The highest BCUT2D eigenvalue weighted by Gasteiger charge is 2.46. The first-order valence-corrected chi connectivity index (χ1v) is 20.0. The molecule has 1 heteroatoms. The van der Waals surface area contributed by atoms with E-state index in [1.807, 2.05) is 0 Å². The highest BCUT2D eigenvalue weighted by molar-refractivity contribution is 6.06. The summed E-state index contributed by atoms with van der Waals surface area (Å²) in [6.07, 6.45) is 0. The lowest BCUT2D eigenvalue weighted by Crippen LogP contribution is -2.28. The molecular weight excluding hydrogens is 687 g/mol. The molecule has 0 unspecified atom stereocenters. The fourth-order valence-corrected chi connectivity index (χ4v) is 10.2. The van der Waals surface area contributed by atoms with E-state index in [9.17, 15) is 0 Å². The van der Waals surface area contributed by atoms with Crippen LogP contribution in [0.2, 0.25) is 0 Å². The molecule has 0 aliphatic heterocycles. The Bertz CT molecular complexity index is 2940. The van der Waals surface area contributed by atoms with Gasteiger partial charge in [0.2, 0.25) is 0 Å². The van der Waals surface area contributed by atoms with Crippen molar-refractivity contribution in [1.29, 1.82) is 0 Å². The molecule has 2 aliphatic carbocycles. The van der Waals surface area contributed by atoms with Crippen LogP contribution in [0.4, 0.5) is 17.1 Å². The molecule has 0 heterocycles. The summed E-state index contributed by atoms with van der Waals surface area (Å²) in [5.74, 6) is 0. The lowest BCUT2D eigenvalue weighted by Gasteiger charge is -2.35. The van der Waals surface area contributed by atoms with Gasteiger partial charge in [0, 0.05) is 22.4 Å². The number of hydrogen-bond donors (Lipinski definition) is 0. The van der Waals surface area contributed by atoms with Gasteiger partial charge >= 0.3 is 0 Å². The highest BCUT2D eigenvalue weighted by Crippen LogP contribution is 2.58. The van der Waals surface area contributed by atoms with Crippen LogP contribution in [0.15, 0.2) is 212 Å². The van der Waals surface area contributed by atoms with Crippen molar-refractivity contribution in [3.63, 3.8) is 0 Å². The van der Waals surface area contributed by atoms with E-state index >= 15 is 0 Å². The minimum Gasteiger partial charge on any atom is -0.310 e. The van der Waals surface area contributed by atoms with E-state index in [1.165, 1.54) is 77.5 Å². The van der Waals surface area contributed by atoms with E-state index in [2.05, 4.69) is 231 Å². The van der Waals surface area contributed by atoms with Crippen LogP contribution in [0.1, 0.15) is 47.2 Å². The number of nitrogens with zero attached hydrogens (tertiary/aromatic N) is 1. The highest BCUT2D eigenvalue weighted by atomic mass is 15.1. The van der Waals surface area contributed by atoms with Crippen LogP contribution < -0.4 is 4.90 Å². The third-order valence-electron chi connectivity index (χ3n) is 12.7. The predicted molar refractivity (Wildman–Crippen MR) is 239 cm³/mol. The van der Waals surface area contributed by atoms with Crippen molar-refractivity contribution in [2.24, 2.45) is 0 Å². The van der Waals surface area contributed by atoms with Crippen LogP contribution in [0, 0.1) is 0 Å². The molecular formula is C56H41N. The summed E-state index contributed by atoms with van der Waals surface area (Å²) in [5, 5.41) is 2.46. The van der Waals surface area contributed by atoms with E-state index in [0.29, 0.717) is 0 Å². The average molecular weight is 728 g/mol. The zero-order chi connectivity index (χ0) is 38.1. The third kappa shape index (κ3) is 4.89. The number of rotatable bonds is 6. The van der Waals surface area contributed by atoms with Gasteiger partial charge in [0.05, 0.1) is 11.1 Å². The normalized spacial score (nSPS) is 14.1. The standard InChI is InChI=1S/C56H41N/c1-55(2)49-28-16-14-26-45(49)47-33-31-42(36-51(47)55)57(53-35-30-38-18-12-13-25-44(38)54(53)39-19-6-3-7-20-39)43-32-34-48-46-27-15-17-29-50(46)56(52(48)37-43,40-21-8-4-9-22-40)41-23-10-5-11-24-41/h3-37H,1-2H3. The average Bonchev–Trinajstić information content (AvgIpc) is 3.70. The molecule has 0 fully saturated rings. The van der Waals surface area contributed by atoms with Gasteiger partial charge in [0.15, 0.2) is 0 Å². The van der Waals surface area contributed by atoms with Gasteiger partial charge < -0.3 is 4.90 Å². The summed E-state index contributed by atoms with van der Waals surface area (Å²) in [5.41, 5.74) is 18.2. The van der Waals surface area contributed by atoms with Crippen LogP contribution in [-0.2, 0) is 10.8 Å². The largest absolute Gasteiger partial charge is 0.310 e. The number of hydrogen-bond acceptors (Lipinski definition) is 1. The lowest BCUT2D eigenvalue weighted by atomic mass is 9.67. The molecule has 9 aromatic rings. The van der Waals surface area contributed by atoms with E-state index in [1.54, 1.807) is 0 Å². The van der Waals surface area contributed by atoms with Gasteiger partial charge in [-0.25, -0.2) is 0 Å². The summed E-state index contributed by atoms with van der Waals surface area (Å²) in [4.78, 5) is 2.53. The maximum absolute atomic E-state index is 2.53. The van der Waals surface area contributed by atoms with Gasteiger partial charge in [0.25, 0.3) is 0 Å². The van der Waals surface area contributed by atoms with Gasteiger partial charge in [-0.1, -0.05) is 196 Å². The van der Waals surface area contributed by atoms with Crippen molar-refractivity contribution in [3.05, 3.63) is 246 Å². The molecule has 0 amide bonds. The molecule has 2 aliphatic rings. The summed E-state index contributed by atoms with van der Waals surface area (Å²) < 4.78 is 0. The second-order valence-electron chi connectivity index (χ2n) is 16.0. The molecule has 11 rings (SSSR count). The van der Waals surface area contributed by atoms with Crippen LogP contribution in [0.5, 0.6) is 0 Å². The first-order valence-electron chi connectivity index (χ1n) is 20.0. The topological polar surface area (TPSA) is 3.24 Å². The second kappa shape index (κ2) is 12.8. The molecule has 0 atom stereocenters. The molecule has 9 aromatic carbocycles. The third-order valence-corrected chi connectivity index (χ3v) is 12.7. The fraction of sp³-hybridized carbons (Fsp3) is 0.0714. The maximum atomic E-state index is 2.53. The van der Waals surface area contributed by atoms with Gasteiger partial charge in [-0.05, 0) is 102 Å². The molecule has 1 nitrogen and oxygen atoms in total. The first kappa shape index (κ1) is 33.4. The molecule has 57 heavy (non-hydrogen) atoms. The van der Waals surface area contributed by atoms with Crippen LogP contribution in [-0.4, -0.2) is 0 Å². The molecule has 270 valence electrons. The van der Waals surface area contributed by atoms with E-state index in [4.69, 9.17) is 0 Å². The summed E-state index contributed by atoms with van der Waals surface area (Å²) >= 11 is 0. The number of benzene rings is 9. The lowest BCUT2D eigenvalue weighted by molar-refractivity contribution is 0.660. The SMILES string of the molecule is CC1(C)c2ccccc2-c2ccc(N(c3ccc4c(c3)C(c3ccccc3)(c3ccccc3)c3ccccc3-4)c3ccc4ccccc4c3-c3ccccc3)cc21. The zero-order valence-electron chi connectivity index (χ0n) is 32.2. The molecule has 0 aromatic heterocycles. The van der Waals surface area contributed by atoms with Gasteiger partial charge in [-0.3, -0.25) is 0 Å². The quantitative estimate of drug-likeness (QED) is 0.165. The van der Waals surface area contributed by atoms with Crippen molar-refractivity contribution >= 4 is 27.8 Å². The Labute approximate surface area is 335 Å². The Kier molecular flexibility index (Phi) is 7.50. The van der Waals surface area contributed by atoms with Crippen molar-refractivity contribution in [1.82, 2.24) is 0 Å². The molecule has 0 bridgehead atoms. The summed E-state index contributed by atoms with van der Waals surface area (Å²) in [6.45, 7) is 4.75. The Morgan fingerprint density at radius 1 is 0.368 bits per heavy atom. The van der Waals surface area contributed by atoms with Crippen LogP contribution in [0.3, 0.4) is 0 Å². The number of fused-ring (bicyclic) bond motifs is 7. The molecule has 0 spiro atoms. The minimum absolute atomic E-state index is 0.144. The smallest absolute Gasteiger partial charge is 0.0714 e. The van der Waals surface area contributed by atoms with E-state index in [-0.39, 0.29) is 5.41 Å². The van der Waals surface area contributed by atoms with Gasteiger partial charge in [-0.15, -0.1) is 0 Å². The molecule has 0 saturated heterocycles. The Morgan fingerprint density at radius 2 is 0.860 bits per heavy atom. The monoisotopic (exact) mass is 727 g/mol. The van der Waals surface area contributed by atoms with E-state index < -0.39 is 5.41 Å². The second-order valence-corrected chi connectivity index (χ2v) is 16.0. The van der Waals surface area contributed by atoms with Gasteiger partial charge in [0.1, 0.15) is 0 Å². The minimum atomic E-state index is -0.511. The van der Waals surface area contributed by atoms with Crippen molar-refractivity contribution < 1.29 is 0 Å². The molecule has 0 saturated carbocycles. The number of anilines is 3. The molecule has 0 N–H and O–H groups in total. The van der Waals surface area contributed by atoms with Gasteiger partial charge in [-0.2, -0.15) is 0 Å².